The average Bonchev–Trinajstić information content (AvgIpc) is 2.02. The summed E-state index contributed by atoms with van der Waals surface area (Å²) in [6.07, 6.45) is 0. The standard InChI is InChI=1S/C12H16O2/c1-9-7-10(14-8-13)5-6-11(9)12(2,3)4/h5-8H,1-4H3. The van der Waals surface area contributed by atoms with E-state index >= 15 is 0 Å². The zero-order chi connectivity index (χ0) is 10.8. The highest BCUT2D eigenvalue weighted by atomic mass is 16.5. The molecule has 0 heterocycles. The van der Waals surface area contributed by atoms with Gasteiger partial charge in [-0.15, -0.1) is 0 Å². The van der Waals surface area contributed by atoms with Gasteiger partial charge in [-0.3, -0.25) is 4.79 Å². The van der Waals surface area contributed by atoms with Crippen molar-refractivity contribution in [1.29, 1.82) is 0 Å². The Morgan fingerprint density at radius 1 is 1.29 bits per heavy atom. The molecule has 0 aliphatic rings. The predicted octanol–water partition coefficient (Wildman–Crippen LogP) is 2.83. The molecular weight excluding hydrogens is 176 g/mol. The van der Waals surface area contributed by atoms with E-state index in [1.807, 2.05) is 25.1 Å². The van der Waals surface area contributed by atoms with Gasteiger partial charge in [0.1, 0.15) is 5.75 Å². The predicted molar refractivity (Wildman–Crippen MR) is 56.6 cm³/mol. The molecule has 14 heavy (non-hydrogen) atoms. The average molecular weight is 192 g/mol. The SMILES string of the molecule is Cc1cc(OC=O)ccc1C(C)(C)C. The van der Waals surface area contributed by atoms with Crippen molar-refractivity contribution in [2.45, 2.75) is 33.1 Å². The van der Waals surface area contributed by atoms with Crippen molar-refractivity contribution in [3.63, 3.8) is 0 Å². The van der Waals surface area contributed by atoms with Crippen LogP contribution in [-0.4, -0.2) is 6.47 Å². The maximum Gasteiger partial charge on any atom is 0.298 e. The summed E-state index contributed by atoms with van der Waals surface area (Å²) in [6.45, 7) is 8.96. The monoisotopic (exact) mass is 192 g/mol. The van der Waals surface area contributed by atoms with Crippen LogP contribution in [0.1, 0.15) is 31.9 Å². The molecule has 0 N–H and O–H groups in total. The second-order valence-corrected chi connectivity index (χ2v) is 4.44. The molecule has 2 nitrogen and oxygen atoms in total. The van der Waals surface area contributed by atoms with Crippen molar-refractivity contribution in [3.8, 4) is 5.75 Å². The number of aryl methyl sites for hydroxylation is 1. The number of benzene rings is 1. The summed E-state index contributed by atoms with van der Waals surface area (Å²) in [7, 11) is 0. The first-order valence-corrected chi connectivity index (χ1v) is 4.66. The second-order valence-electron chi connectivity index (χ2n) is 4.44. The van der Waals surface area contributed by atoms with E-state index in [0.717, 1.165) is 5.56 Å². The van der Waals surface area contributed by atoms with Gasteiger partial charge in [-0.1, -0.05) is 26.8 Å². The molecule has 0 saturated carbocycles. The summed E-state index contributed by atoms with van der Waals surface area (Å²) in [5.74, 6) is 0.602. The number of rotatable bonds is 2. The number of hydrogen-bond donors (Lipinski definition) is 0. The van der Waals surface area contributed by atoms with Gasteiger partial charge in [-0.25, -0.2) is 0 Å². The lowest BCUT2D eigenvalue weighted by Crippen LogP contribution is -2.12. The van der Waals surface area contributed by atoms with Crippen LogP contribution in [0.5, 0.6) is 5.75 Å². The van der Waals surface area contributed by atoms with Crippen LogP contribution in [0.2, 0.25) is 0 Å². The highest BCUT2D eigenvalue weighted by Gasteiger charge is 2.16. The molecule has 0 bridgehead atoms. The van der Waals surface area contributed by atoms with Crippen molar-refractivity contribution < 1.29 is 9.53 Å². The molecule has 0 aliphatic heterocycles. The Bertz CT molecular complexity index is 335. The van der Waals surface area contributed by atoms with E-state index in [9.17, 15) is 4.79 Å². The largest absolute Gasteiger partial charge is 0.429 e. The maximum atomic E-state index is 10.1. The highest BCUT2D eigenvalue weighted by molar-refractivity contribution is 5.47. The van der Waals surface area contributed by atoms with E-state index in [2.05, 4.69) is 20.8 Å². The van der Waals surface area contributed by atoms with Crippen molar-refractivity contribution in [1.82, 2.24) is 0 Å². The molecule has 1 rings (SSSR count). The van der Waals surface area contributed by atoms with Gasteiger partial charge in [0.15, 0.2) is 0 Å². The summed E-state index contributed by atoms with van der Waals surface area (Å²) in [5.41, 5.74) is 2.55. The fraction of sp³-hybridized carbons (Fsp3) is 0.417. The molecule has 76 valence electrons. The van der Waals surface area contributed by atoms with E-state index in [1.165, 1.54) is 5.56 Å². The zero-order valence-electron chi connectivity index (χ0n) is 9.13. The van der Waals surface area contributed by atoms with Crippen LogP contribution in [0, 0.1) is 6.92 Å². The van der Waals surface area contributed by atoms with Gasteiger partial charge < -0.3 is 4.74 Å². The minimum atomic E-state index is 0.129. The van der Waals surface area contributed by atoms with Gasteiger partial charge in [0, 0.05) is 0 Å². The van der Waals surface area contributed by atoms with Gasteiger partial charge >= 0.3 is 0 Å². The summed E-state index contributed by atoms with van der Waals surface area (Å²) in [4.78, 5) is 10.1. The van der Waals surface area contributed by atoms with Gasteiger partial charge in [0.25, 0.3) is 6.47 Å². The molecule has 0 amide bonds. The van der Waals surface area contributed by atoms with Crippen molar-refractivity contribution in [2.75, 3.05) is 0 Å². The van der Waals surface area contributed by atoms with Gasteiger partial charge in [0.05, 0.1) is 0 Å². The van der Waals surface area contributed by atoms with Crippen LogP contribution in [0.3, 0.4) is 0 Å². The summed E-state index contributed by atoms with van der Waals surface area (Å²) >= 11 is 0. The topological polar surface area (TPSA) is 26.3 Å². The van der Waals surface area contributed by atoms with Crippen LogP contribution >= 0.6 is 0 Å². The fourth-order valence-corrected chi connectivity index (χ4v) is 1.61. The van der Waals surface area contributed by atoms with Crippen molar-refractivity contribution in [2.24, 2.45) is 0 Å². The molecule has 0 saturated heterocycles. The number of hydrogen-bond acceptors (Lipinski definition) is 2. The first-order chi connectivity index (χ1) is 6.45. The van der Waals surface area contributed by atoms with E-state index < -0.39 is 0 Å². The Kier molecular flexibility index (Phi) is 2.94. The van der Waals surface area contributed by atoms with Crippen LogP contribution in [0.4, 0.5) is 0 Å². The summed E-state index contributed by atoms with van der Waals surface area (Å²) < 4.78 is 4.77. The molecule has 0 aliphatic carbocycles. The number of carbonyl (C=O) groups excluding carboxylic acids is 1. The van der Waals surface area contributed by atoms with Crippen LogP contribution in [-0.2, 0) is 10.2 Å². The van der Waals surface area contributed by atoms with Gasteiger partial charge in [0.2, 0.25) is 0 Å². The van der Waals surface area contributed by atoms with Crippen LogP contribution in [0.15, 0.2) is 18.2 Å². The van der Waals surface area contributed by atoms with E-state index in [1.54, 1.807) is 0 Å². The molecule has 0 aromatic heterocycles. The van der Waals surface area contributed by atoms with E-state index in [4.69, 9.17) is 4.74 Å². The Morgan fingerprint density at radius 3 is 2.36 bits per heavy atom. The lowest BCUT2D eigenvalue weighted by atomic mass is 9.84. The molecule has 1 aromatic carbocycles. The lowest BCUT2D eigenvalue weighted by Gasteiger charge is -2.21. The third-order valence-corrected chi connectivity index (χ3v) is 2.19. The second kappa shape index (κ2) is 3.82. The number of carbonyl (C=O) groups is 1. The molecule has 0 atom stereocenters. The molecular formula is C12H16O2. The minimum Gasteiger partial charge on any atom is -0.429 e. The lowest BCUT2D eigenvalue weighted by molar-refractivity contribution is -0.120. The fourth-order valence-electron chi connectivity index (χ4n) is 1.61. The third-order valence-electron chi connectivity index (χ3n) is 2.19. The van der Waals surface area contributed by atoms with Crippen LogP contribution < -0.4 is 4.74 Å². The molecule has 0 fully saturated rings. The molecule has 1 aromatic rings. The molecule has 0 radical (unpaired) electrons. The Labute approximate surface area is 84.9 Å². The maximum absolute atomic E-state index is 10.1. The summed E-state index contributed by atoms with van der Waals surface area (Å²) in [6, 6.07) is 5.71. The van der Waals surface area contributed by atoms with Gasteiger partial charge in [-0.2, -0.15) is 0 Å². The summed E-state index contributed by atoms with van der Waals surface area (Å²) in [5, 5.41) is 0. The Balaban J connectivity index is 3.07. The quantitative estimate of drug-likeness (QED) is 0.673. The van der Waals surface area contributed by atoms with Crippen molar-refractivity contribution >= 4 is 6.47 Å². The Morgan fingerprint density at radius 2 is 1.93 bits per heavy atom. The molecule has 0 spiro atoms. The smallest absolute Gasteiger partial charge is 0.298 e. The first-order valence-electron chi connectivity index (χ1n) is 4.66. The van der Waals surface area contributed by atoms with Gasteiger partial charge in [-0.05, 0) is 35.6 Å². The Hall–Kier alpha value is -1.31. The van der Waals surface area contributed by atoms with Crippen molar-refractivity contribution in [3.05, 3.63) is 29.3 Å². The minimum absolute atomic E-state index is 0.129. The first kappa shape index (κ1) is 10.8. The van der Waals surface area contributed by atoms with E-state index in [-0.39, 0.29) is 5.41 Å². The normalized spacial score (nSPS) is 11.1. The van der Waals surface area contributed by atoms with E-state index in [0.29, 0.717) is 12.2 Å². The zero-order valence-corrected chi connectivity index (χ0v) is 9.13. The van der Waals surface area contributed by atoms with Crippen LogP contribution in [0.25, 0.3) is 0 Å². The molecule has 0 unspecified atom stereocenters. The third kappa shape index (κ3) is 2.34. The highest BCUT2D eigenvalue weighted by Crippen LogP contribution is 2.27. The number of ether oxygens (including phenoxy) is 1. The molecule has 2 heteroatoms.